The quantitative estimate of drug-likeness (QED) is 0.849. The summed E-state index contributed by atoms with van der Waals surface area (Å²) in [6, 6.07) is 1.90. The summed E-state index contributed by atoms with van der Waals surface area (Å²) in [6.45, 7) is 6.52. The molecule has 0 aliphatic carbocycles. The Balaban J connectivity index is 2.08. The van der Waals surface area contributed by atoms with E-state index in [0.717, 1.165) is 17.8 Å². The van der Waals surface area contributed by atoms with E-state index in [-0.39, 0.29) is 0 Å². The van der Waals surface area contributed by atoms with Crippen LogP contribution in [0.5, 0.6) is 0 Å². The van der Waals surface area contributed by atoms with Gasteiger partial charge in [0.25, 0.3) is 0 Å². The standard InChI is InChI=1S/C13H20N4O/c1-10(2)8-13(3,18)9-15-12-11-4-5-16-17(11)7-6-14-12/h4-7,10,18H,8-9H2,1-3H3,(H,14,15). The molecule has 2 N–H and O–H groups in total. The zero-order valence-electron chi connectivity index (χ0n) is 11.1. The molecule has 2 aromatic rings. The Morgan fingerprint density at radius 1 is 1.44 bits per heavy atom. The zero-order valence-corrected chi connectivity index (χ0v) is 11.1. The minimum absolute atomic E-state index is 0.459. The van der Waals surface area contributed by atoms with Crippen molar-refractivity contribution in [2.45, 2.75) is 32.8 Å². The molecule has 98 valence electrons. The zero-order chi connectivity index (χ0) is 13.2. The van der Waals surface area contributed by atoms with Crippen LogP contribution in [0.15, 0.2) is 24.7 Å². The highest BCUT2D eigenvalue weighted by Gasteiger charge is 2.22. The molecule has 0 saturated carbocycles. The Labute approximate surface area is 107 Å². The number of nitrogens with zero attached hydrogens (tertiary/aromatic N) is 3. The molecule has 1 unspecified atom stereocenters. The number of nitrogens with one attached hydrogen (secondary N) is 1. The van der Waals surface area contributed by atoms with E-state index in [0.29, 0.717) is 12.5 Å². The van der Waals surface area contributed by atoms with Gasteiger partial charge >= 0.3 is 0 Å². The lowest BCUT2D eigenvalue weighted by Crippen LogP contribution is -2.35. The summed E-state index contributed by atoms with van der Waals surface area (Å²) in [7, 11) is 0. The summed E-state index contributed by atoms with van der Waals surface area (Å²) in [6.07, 6.45) is 5.98. The van der Waals surface area contributed by atoms with E-state index < -0.39 is 5.60 Å². The van der Waals surface area contributed by atoms with Gasteiger partial charge < -0.3 is 10.4 Å². The van der Waals surface area contributed by atoms with E-state index in [1.807, 2.05) is 13.0 Å². The number of rotatable bonds is 5. The van der Waals surface area contributed by atoms with E-state index in [4.69, 9.17) is 0 Å². The normalized spacial score (nSPS) is 14.9. The lowest BCUT2D eigenvalue weighted by Gasteiger charge is -2.25. The monoisotopic (exact) mass is 248 g/mol. The van der Waals surface area contributed by atoms with Gasteiger partial charge in [-0.25, -0.2) is 9.50 Å². The first-order chi connectivity index (χ1) is 8.48. The Kier molecular flexibility index (Phi) is 3.52. The van der Waals surface area contributed by atoms with Crippen LogP contribution in [0.2, 0.25) is 0 Å². The third-order valence-corrected chi connectivity index (χ3v) is 2.81. The summed E-state index contributed by atoms with van der Waals surface area (Å²) in [4.78, 5) is 4.28. The molecular weight excluding hydrogens is 228 g/mol. The smallest absolute Gasteiger partial charge is 0.152 e. The second kappa shape index (κ2) is 4.94. The average molecular weight is 248 g/mol. The summed E-state index contributed by atoms with van der Waals surface area (Å²) < 4.78 is 1.76. The molecule has 0 aromatic carbocycles. The number of aromatic nitrogens is 3. The van der Waals surface area contributed by atoms with Crippen LogP contribution in [0.1, 0.15) is 27.2 Å². The first kappa shape index (κ1) is 12.8. The van der Waals surface area contributed by atoms with Crippen LogP contribution in [-0.4, -0.2) is 31.9 Å². The molecule has 0 aliphatic heterocycles. The van der Waals surface area contributed by atoms with Crippen molar-refractivity contribution < 1.29 is 5.11 Å². The molecule has 2 aromatic heterocycles. The lowest BCUT2D eigenvalue weighted by atomic mass is 9.94. The first-order valence-corrected chi connectivity index (χ1v) is 6.22. The topological polar surface area (TPSA) is 62.5 Å². The molecule has 0 amide bonds. The second-order valence-electron chi connectivity index (χ2n) is 5.39. The number of hydrogen-bond donors (Lipinski definition) is 2. The van der Waals surface area contributed by atoms with Gasteiger partial charge in [0, 0.05) is 18.9 Å². The van der Waals surface area contributed by atoms with Crippen LogP contribution in [0.4, 0.5) is 5.82 Å². The Morgan fingerprint density at radius 3 is 2.94 bits per heavy atom. The molecule has 1 atom stereocenters. The highest BCUT2D eigenvalue weighted by Crippen LogP contribution is 2.18. The average Bonchev–Trinajstić information content (AvgIpc) is 2.72. The van der Waals surface area contributed by atoms with E-state index in [9.17, 15) is 5.11 Å². The van der Waals surface area contributed by atoms with Crippen LogP contribution in [0.25, 0.3) is 5.52 Å². The minimum Gasteiger partial charge on any atom is -0.388 e. The lowest BCUT2D eigenvalue weighted by molar-refractivity contribution is 0.0515. The predicted molar refractivity (Wildman–Crippen MR) is 71.6 cm³/mol. The largest absolute Gasteiger partial charge is 0.388 e. The van der Waals surface area contributed by atoms with Crippen molar-refractivity contribution in [3.8, 4) is 0 Å². The summed E-state index contributed by atoms with van der Waals surface area (Å²) in [5.41, 5.74) is 0.181. The summed E-state index contributed by atoms with van der Waals surface area (Å²) >= 11 is 0. The maximum Gasteiger partial charge on any atom is 0.152 e. The van der Waals surface area contributed by atoms with Crippen molar-refractivity contribution in [3.63, 3.8) is 0 Å². The van der Waals surface area contributed by atoms with Crippen LogP contribution < -0.4 is 5.32 Å². The van der Waals surface area contributed by atoms with Gasteiger partial charge in [0.2, 0.25) is 0 Å². The van der Waals surface area contributed by atoms with Crippen LogP contribution in [0, 0.1) is 5.92 Å². The molecule has 2 rings (SSSR count). The van der Waals surface area contributed by atoms with Gasteiger partial charge in [-0.1, -0.05) is 13.8 Å². The van der Waals surface area contributed by atoms with Gasteiger partial charge in [0.05, 0.1) is 11.8 Å². The third-order valence-electron chi connectivity index (χ3n) is 2.81. The number of hydrogen-bond acceptors (Lipinski definition) is 4. The fraction of sp³-hybridized carbons (Fsp3) is 0.538. The van der Waals surface area contributed by atoms with Crippen molar-refractivity contribution in [2.24, 2.45) is 5.92 Å². The van der Waals surface area contributed by atoms with Gasteiger partial charge in [-0.3, -0.25) is 0 Å². The molecular formula is C13H20N4O. The summed E-state index contributed by atoms with van der Waals surface area (Å²) in [5.74, 6) is 1.21. The summed E-state index contributed by atoms with van der Waals surface area (Å²) in [5, 5.41) is 17.6. The number of aliphatic hydroxyl groups is 1. The van der Waals surface area contributed by atoms with Crippen molar-refractivity contribution in [2.75, 3.05) is 11.9 Å². The molecule has 0 fully saturated rings. The molecule has 0 aliphatic rings. The molecule has 5 nitrogen and oxygen atoms in total. The number of anilines is 1. The minimum atomic E-state index is -0.733. The van der Waals surface area contributed by atoms with E-state index in [1.54, 1.807) is 23.1 Å². The van der Waals surface area contributed by atoms with Gasteiger partial charge in [0.15, 0.2) is 5.82 Å². The van der Waals surface area contributed by atoms with Crippen molar-refractivity contribution in [3.05, 3.63) is 24.7 Å². The fourth-order valence-electron chi connectivity index (χ4n) is 2.22. The second-order valence-corrected chi connectivity index (χ2v) is 5.39. The highest BCUT2D eigenvalue weighted by molar-refractivity contribution is 5.66. The predicted octanol–water partition coefficient (Wildman–Crippen LogP) is 1.94. The van der Waals surface area contributed by atoms with Crippen molar-refractivity contribution in [1.29, 1.82) is 0 Å². The number of fused-ring (bicyclic) bond motifs is 1. The highest BCUT2D eigenvalue weighted by atomic mass is 16.3. The molecule has 5 heteroatoms. The molecule has 0 radical (unpaired) electrons. The van der Waals surface area contributed by atoms with E-state index in [1.165, 1.54) is 0 Å². The van der Waals surface area contributed by atoms with E-state index in [2.05, 4.69) is 29.2 Å². The van der Waals surface area contributed by atoms with Gasteiger partial charge in [-0.05, 0) is 25.3 Å². The first-order valence-electron chi connectivity index (χ1n) is 6.22. The van der Waals surface area contributed by atoms with Gasteiger partial charge in [0.1, 0.15) is 5.52 Å². The van der Waals surface area contributed by atoms with Crippen molar-refractivity contribution in [1.82, 2.24) is 14.6 Å². The van der Waals surface area contributed by atoms with Crippen molar-refractivity contribution >= 4 is 11.3 Å². The maximum atomic E-state index is 10.3. The SMILES string of the molecule is CC(C)CC(C)(O)CNc1nccn2nccc12. The van der Waals surface area contributed by atoms with Crippen LogP contribution >= 0.6 is 0 Å². The fourth-order valence-corrected chi connectivity index (χ4v) is 2.22. The molecule has 0 saturated heterocycles. The Hall–Kier alpha value is -1.62. The Bertz CT molecular complexity index is 518. The Morgan fingerprint density at radius 2 is 2.22 bits per heavy atom. The molecule has 2 heterocycles. The van der Waals surface area contributed by atoms with Crippen LogP contribution in [0.3, 0.4) is 0 Å². The molecule has 0 spiro atoms. The van der Waals surface area contributed by atoms with E-state index >= 15 is 0 Å². The van der Waals surface area contributed by atoms with Gasteiger partial charge in [-0.2, -0.15) is 5.10 Å². The molecule has 18 heavy (non-hydrogen) atoms. The van der Waals surface area contributed by atoms with Crippen LogP contribution in [-0.2, 0) is 0 Å². The van der Waals surface area contributed by atoms with Gasteiger partial charge in [-0.15, -0.1) is 0 Å². The molecule has 0 bridgehead atoms. The third kappa shape index (κ3) is 2.98. The maximum absolute atomic E-state index is 10.3.